The summed E-state index contributed by atoms with van der Waals surface area (Å²) in [6.07, 6.45) is 0. The van der Waals surface area contributed by atoms with Crippen LogP contribution in [0.15, 0.2) is 60.7 Å². The van der Waals surface area contributed by atoms with Gasteiger partial charge in [0.2, 0.25) is 0 Å². The van der Waals surface area contributed by atoms with Crippen LogP contribution in [0.5, 0.6) is 11.5 Å². The molecule has 1 N–H and O–H groups in total. The van der Waals surface area contributed by atoms with E-state index in [1.165, 1.54) is 36.4 Å². The van der Waals surface area contributed by atoms with Crippen LogP contribution in [0.25, 0.3) is 0 Å². The van der Waals surface area contributed by atoms with Crippen molar-refractivity contribution in [1.82, 2.24) is 0 Å². The van der Waals surface area contributed by atoms with E-state index in [2.05, 4.69) is 0 Å². The second-order valence-corrected chi connectivity index (χ2v) is 5.86. The summed E-state index contributed by atoms with van der Waals surface area (Å²) in [7, 11) is 0. The molecule has 0 aromatic heterocycles. The first-order valence-electron chi connectivity index (χ1n) is 7.87. The number of benzene rings is 3. The van der Waals surface area contributed by atoms with Crippen molar-refractivity contribution in [3.05, 3.63) is 94.8 Å². The minimum Gasteiger partial charge on any atom is -0.478 e. The topological polar surface area (TPSA) is 55.8 Å². The van der Waals surface area contributed by atoms with Crippen LogP contribution in [0.3, 0.4) is 0 Å². The average Bonchev–Trinajstić information content (AvgIpc) is 3.00. The van der Waals surface area contributed by atoms with E-state index < -0.39 is 34.8 Å². The molecule has 136 valence electrons. The number of carbonyl (C=O) groups is 1. The standard InChI is InChI=1S/C20H11F3O4/c21-14-7-3-1-5-12(14)20(13-6-2-4-8-15(13)22)26-17-9-11(19(24)25)16(23)10-18(17)27-20/h1-10H,(H,24,25). The molecule has 0 radical (unpaired) electrons. The van der Waals surface area contributed by atoms with Gasteiger partial charge in [-0.15, -0.1) is 0 Å². The molecule has 0 aliphatic carbocycles. The summed E-state index contributed by atoms with van der Waals surface area (Å²) in [5.41, 5.74) is -0.914. The largest absolute Gasteiger partial charge is 0.478 e. The Bertz CT molecular complexity index is 1020. The number of hydrogen-bond donors (Lipinski definition) is 1. The van der Waals surface area contributed by atoms with Gasteiger partial charge in [-0.3, -0.25) is 0 Å². The molecule has 1 aliphatic rings. The number of fused-ring (bicyclic) bond motifs is 1. The number of rotatable bonds is 3. The highest BCUT2D eigenvalue weighted by atomic mass is 19.1. The van der Waals surface area contributed by atoms with Gasteiger partial charge in [0.25, 0.3) is 0 Å². The number of carboxylic acid groups (broad SMARTS) is 1. The molecule has 0 fully saturated rings. The van der Waals surface area contributed by atoms with Gasteiger partial charge in [0, 0.05) is 12.1 Å². The van der Waals surface area contributed by atoms with Crippen molar-refractivity contribution in [2.45, 2.75) is 5.79 Å². The van der Waals surface area contributed by atoms with Crippen LogP contribution in [0.2, 0.25) is 0 Å². The molecule has 0 saturated heterocycles. The lowest BCUT2D eigenvalue weighted by molar-refractivity contribution is -0.0515. The highest BCUT2D eigenvalue weighted by molar-refractivity contribution is 5.89. The van der Waals surface area contributed by atoms with E-state index in [1.807, 2.05) is 0 Å². The second-order valence-electron chi connectivity index (χ2n) is 5.86. The molecule has 27 heavy (non-hydrogen) atoms. The number of aromatic carboxylic acids is 1. The molecule has 0 saturated carbocycles. The monoisotopic (exact) mass is 372 g/mol. The molecule has 0 spiro atoms. The highest BCUT2D eigenvalue weighted by Gasteiger charge is 2.49. The van der Waals surface area contributed by atoms with E-state index in [0.29, 0.717) is 0 Å². The van der Waals surface area contributed by atoms with E-state index in [0.717, 1.165) is 24.3 Å². The molecular weight excluding hydrogens is 361 g/mol. The molecule has 4 rings (SSSR count). The summed E-state index contributed by atoms with van der Waals surface area (Å²) >= 11 is 0. The Hall–Kier alpha value is -3.48. The number of carboxylic acids is 1. The third-order valence-corrected chi connectivity index (χ3v) is 4.23. The van der Waals surface area contributed by atoms with Crippen molar-refractivity contribution in [3.63, 3.8) is 0 Å². The van der Waals surface area contributed by atoms with Gasteiger partial charge >= 0.3 is 11.8 Å². The molecule has 7 heteroatoms. The first-order valence-corrected chi connectivity index (χ1v) is 7.87. The van der Waals surface area contributed by atoms with Gasteiger partial charge < -0.3 is 14.6 Å². The zero-order valence-corrected chi connectivity index (χ0v) is 13.6. The molecule has 3 aromatic rings. The summed E-state index contributed by atoms with van der Waals surface area (Å²) in [6, 6.07) is 12.7. The molecule has 0 atom stereocenters. The maximum Gasteiger partial charge on any atom is 0.338 e. The van der Waals surface area contributed by atoms with Gasteiger partial charge in [-0.25, -0.2) is 18.0 Å². The minimum absolute atomic E-state index is 0.136. The number of halogens is 3. The SMILES string of the molecule is O=C(O)c1cc2c(cc1F)OC(c1ccccc1F)(c1ccccc1F)O2. The summed E-state index contributed by atoms with van der Waals surface area (Å²) < 4.78 is 54.6. The van der Waals surface area contributed by atoms with Crippen LogP contribution < -0.4 is 9.47 Å². The quantitative estimate of drug-likeness (QED) is 0.737. The molecule has 3 aromatic carbocycles. The Labute approximate surface area is 151 Å². The van der Waals surface area contributed by atoms with Crippen LogP contribution in [0.4, 0.5) is 13.2 Å². The molecule has 4 nitrogen and oxygen atoms in total. The van der Waals surface area contributed by atoms with Crippen molar-refractivity contribution in [1.29, 1.82) is 0 Å². The van der Waals surface area contributed by atoms with E-state index in [4.69, 9.17) is 14.6 Å². The first kappa shape index (κ1) is 17.0. The maximum absolute atomic E-state index is 14.6. The Morgan fingerprint density at radius 3 is 1.74 bits per heavy atom. The lowest BCUT2D eigenvalue weighted by atomic mass is 9.96. The fourth-order valence-corrected chi connectivity index (χ4v) is 3.01. The Morgan fingerprint density at radius 1 is 0.778 bits per heavy atom. The van der Waals surface area contributed by atoms with Crippen molar-refractivity contribution in [3.8, 4) is 11.5 Å². The van der Waals surface area contributed by atoms with Gasteiger partial charge in [-0.1, -0.05) is 24.3 Å². The van der Waals surface area contributed by atoms with Crippen molar-refractivity contribution < 1.29 is 32.5 Å². The van der Waals surface area contributed by atoms with Crippen molar-refractivity contribution >= 4 is 5.97 Å². The van der Waals surface area contributed by atoms with E-state index in [1.54, 1.807) is 0 Å². The molecule has 0 unspecified atom stereocenters. The van der Waals surface area contributed by atoms with Crippen LogP contribution in [0.1, 0.15) is 21.5 Å². The molecule has 1 heterocycles. The lowest BCUT2D eigenvalue weighted by Gasteiger charge is -2.29. The predicted molar refractivity (Wildman–Crippen MR) is 88.2 cm³/mol. The Morgan fingerprint density at radius 2 is 1.26 bits per heavy atom. The van der Waals surface area contributed by atoms with Crippen LogP contribution in [-0.4, -0.2) is 11.1 Å². The lowest BCUT2D eigenvalue weighted by Crippen LogP contribution is -2.38. The van der Waals surface area contributed by atoms with Crippen LogP contribution in [0, 0.1) is 17.5 Å². The van der Waals surface area contributed by atoms with Gasteiger partial charge in [0.1, 0.15) is 17.5 Å². The molecule has 0 bridgehead atoms. The van der Waals surface area contributed by atoms with Crippen LogP contribution in [-0.2, 0) is 5.79 Å². The van der Waals surface area contributed by atoms with E-state index in [-0.39, 0.29) is 22.6 Å². The maximum atomic E-state index is 14.6. The third kappa shape index (κ3) is 2.59. The summed E-state index contributed by atoms with van der Waals surface area (Å²) in [4.78, 5) is 11.2. The smallest absolute Gasteiger partial charge is 0.338 e. The third-order valence-electron chi connectivity index (χ3n) is 4.23. The Kier molecular flexibility index (Phi) is 3.80. The summed E-state index contributed by atoms with van der Waals surface area (Å²) in [5.74, 6) is -6.39. The summed E-state index contributed by atoms with van der Waals surface area (Å²) in [6.45, 7) is 0. The van der Waals surface area contributed by atoms with Gasteiger partial charge in [-0.05, 0) is 24.3 Å². The zero-order valence-electron chi connectivity index (χ0n) is 13.6. The molecule has 0 amide bonds. The second kappa shape index (κ2) is 6.05. The average molecular weight is 372 g/mol. The highest BCUT2D eigenvalue weighted by Crippen LogP contribution is 2.49. The van der Waals surface area contributed by atoms with Crippen LogP contribution >= 0.6 is 0 Å². The van der Waals surface area contributed by atoms with E-state index >= 15 is 0 Å². The van der Waals surface area contributed by atoms with Gasteiger partial charge in [-0.2, -0.15) is 0 Å². The van der Waals surface area contributed by atoms with Gasteiger partial charge in [0.15, 0.2) is 11.5 Å². The van der Waals surface area contributed by atoms with Gasteiger partial charge in [0.05, 0.1) is 16.7 Å². The normalized spacial score (nSPS) is 14.2. The predicted octanol–water partition coefficient (Wildman–Crippen LogP) is 4.47. The fourth-order valence-electron chi connectivity index (χ4n) is 3.01. The van der Waals surface area contributed by atoms with E-state index in [9.17, 15) is 18.0 Å². The number of hydrogen-bond acceptors (Lipinski definition) is 3. The molecule has 1 aliphatic heterocycles. The molecular formula is C20H11F3O4. The van der Waals surface area contributed by atoms with Crippen molar-refractivity contribution in [2.75, 3.05) is 0 Å². The fraction of sp³-hybridized carbons (Fsp3) is 0.0500. The minimum atomic E-state index is -2.07. The Balaban J connectivity index is 1.96. The first-order chi connectivity index (χ1) is 12.9. The number of ether oxygens (including phenoxy) is 2. The summed E-state index contributed by atoms with van der Waals surface area (Å²) in [5, 5.41) is 9.09. The zero-order chi connectivity index (χ0) is 19.2. The van der Waals surface area contributed by atoms with Crippen molar-refractivity contribution in [2.24, 2.45) is 0 Å².